The first kappa shape index (κ1) is 17.2. The van der Waals surface area contributed by atoms with Gasteiger partial charge in [0.15, 0.2) is 5.92 Å². The summed E-state index contributed by atoms with van der Waals surface area (Å²) in [6.45, 7) is 0. The van der Waals surface area contributed by atoms with E-state index in [2.05, 4.69) is 4.74 Å². The first-order valence-electron chi connectivity index (χ1n) is 6.45. The van der Waals surface area contributed by atoms with Crippen LogP contribution in [0.5, 0.6) is 5.75 Å². The molecule has 0 heterocycles. The van der Waals surface area contributed by atoms with E-state index in [1.165, 1.54) is 7.11 Å². The summed E-state index contributed by atoms with van der Waals surface area (Å²) in [6, 6.07) is 8.31. The molecule has 1 aromatic carbocycles. The lowest BCUT2D eigenvalue weighted by Gasteiger charge is -2.09. The lowest BCUT2D eigenvalue weighted by Crippen LogP contribution is -2.28. The highest BCUT2D eigenvalue weighted by Gasteiger charge is 2.29. The Morgan fingerprint density at radius 1 is 1.27 bits per heavy atom. The zero-order chi connectivity index (χ0) is 16.5. The van der Waals surface area contributed by atoms with Crippen LogP contribution in [0.15, 0.2) is 24.3 Å². The topological polar surface area (TPSA) is 114 Å². The van der Waals surface area contributed by atoms with Crippen LogP contribution in [-0.2, 0) is 25.5 Å². The molecule has 0 spiro atoms. The smallest absolute Gasteiger partial charge is 0.328 e. The first-order valence-corrected chi connectivity index (χ1v) is 6.45. The van der Waals surface area contributed by atoms with Crippen molar-refractivity contribution in [3.8, 4) is 11.8 Å². The predicted molar refractivity (Wildman–Crippen MR) is 73.8 cm³/mol. The molecule has 1 unspecified atom stereocenters. The van der Waals surface area contributed by atoms with Gasteiger partial charge in [0.2, 0.25) is 0 Å². The second-order valence-electron chi connectivity index (χ2n) is 4.41. The molecule has 0 fully saturated rings. The summed E-state index contributed by atoms with van der Waals surface area (Å²) in [5.74, 6) is -4.31. The van der Waals surface area contributed by atoms with Crippen molar-refractivity contribution in [1.82, 2.24) is 0 Å². The van der Waals surface area contributed by atoms with Gasteiger partial charge in [-0.05, 0) is 24.1 Å². The van der Waals surface area contributed by atoms with E-state index in [-0.39, 0.29) is 19.3 Å². The molecular formula is C15H15NO6. The molecule has 0 saturated carbocycles. The minimum absolute atomic E-state index is 0.112. The molecular weight excluding hydrogens is 290 g/mol. The summed E-state index contributed by atoms with van der Waals surface area (Å²) in [6.07, 6.45) is -0.473. The lowest BCUT2D eigenvalue weighted by atomic mass is 10.0. The van der Waals surface area contributed by atoms with Gasteiger partial charge in [-0.15, -0.1) is 0 Å². The van der Waals surface area contributed by atoms with Crippen molar-refractivity contribution in [2.24, 2.45) is 5.92 Å². The standard InChI is InChI=1S/C15H15NO6/c1-21-11-6-4-10(5-7-11)9-13(17)22-15(20)12(14(18)19)3-2-8-16/h4-7,12H,2-3,9H2,1H3,(H,18,19). The average molecular weight is 305 g/mol. The van der Waals surface area contributed by atoms with Crippen LogP contribution in [0, 0.1) is 17.2 Å². The third-order valence-electron chi connectivity index (χ3n) is 2.85. The molecule has 0 aliphatic heterocycles. The second-order valence-corrected chi connectivity index (χ2v) is 4.41. The minimum Gasteiger partial charge on any atom is -0.497 e. The van der Waals surface area contributed by atoms with Crippen molar-refractivity contribution in [2.45, 2.75) is 19.3 Å². The van der Waals surface area contributed by atoms with E-state index in [9.17, 15) is 14.4 Å². The third-order valence-corrected chi connectivity index (χ3v) is 2.85. The van der Waals surface area contributed by atoms with Gasteiger partial charge in [0.1, 0.15) is 5.75 Å². The molecule has 7 heteroatoms. The van der Waals surface area contributed by atoms with Gasteiger partial charge in [0, 0.05) is 6.42 Å². The van der Waals surface area contributed by atoms with E-state index in [1.54, 1.807) is 30.3 Å². The Bertz CT molecular complexity index is 587. The summed E-state index contributed by atoms with van der Waals surface area (Å²) in [4.78, 5) is 34.2. The van der Waals surface area contributed by atoms with Crippen LogP contribution in [0.3, 0.4) is 0 Å². The molecule has 1 atom stereocenters. The fourth-order valence-corrected chi connectivity index (χ4v) is 1.68. The van der Waals surface area contributed by atoms with Gasteiger partial charge in [-0.25, -0.2) is 0 Å². The highest BCUT2D eigenvalue weighted by Crippen LogP contribution is 2.13. The number of nitrogens with zero attached hydrogens (tertiary/aromatic N) is 1. The van der Waals surface area contributed by atoms with Crippen molar-refractivity contribution in [2.75, 3.05) is 7.11 Å². The van der Waals surface area contributed by atoms with E-state index in [0.29, 0.717) is 11.3 Å². The number of carbonyl (C=O) groups is 3. The fourth-order valence-electron chi connectivity index (χ4n) is 1.68. The molecule has 0 amide bonds. The molecule has 0 saturated heterocycles. The van der Waals surface area contributed by atoms with E-state index in [4.69, 9.17) is 15.1 Å². The van der Waals surface area contributed by atoms with Crippen molar-refractivity contribution in [3.05, 3.63) is 29.8 Å². The van der Waals surface area contributed by atoms with Gasteiger partial charge in [-0.3, -0.25) is 14.4 Å². The number of hydrogen-bond donors (Lipinski definition) is 1. The molecule has 0 aliphatic carbocycles. The number of benzene rings is 1. The summed E-state index contributed by atoms with van der Waals surface area (Å²) in [5, 5.41) is 17.3. The van der Waals surface area contributed by atoms with Crippen LogP contribution in [0.2, 0.25) is 0 Å². The van der Waals surface area contributed by atoms with Crippen LogP contribution in [0.1, 0.15) is 18.4 Å². The van der Waals surface area contributed by atoms with Gasteiger partial charge in [-0.2, -0.15) is 5.26 Å². The van der Waals surface area contributed by atoms with Gasteiger partial charge in [-0.1, -0.05) is 12.1 Å². The highest BCUT2D eigenvalue weighted by atomic mass is 16.6. The number of esters is 2. The van der Waals surface area contributed by atoms with Crippen LogP contribution in [0.25, 0.3) is 0 Å². The SMILES string of the molecule is COc1ccc(CC(=O)OC(=O)C(CCC#N)C(=O)O)cc1. The van der Waals surface area contributed by atoms with E-state index < -0.39 is 23.8 Å². The summed E-state index contributed by atoms with van der Waals surface area (Å²) in [5.41, 5.74) is 0.600. The van der Waals surface area contributed by atoms with Crippen molar-refractivity contribution < 1.29 is 29.0 Å². The Morgan fingerprint density at radius 3 is 2.41 bits per heavy atom. The Labute approximate surface area is 127 Å². The normalized spacial score (nSPS) is 11.1. The van der Waals surface area contributed by atoms with Gasteiger partial charge < -0.3 is 14.6 Å². The minimum atomic E-state index is -1.51. The highest BCUT2D eigenvalue weighted by molar-refractivity contribution is 5.98. The molecule has 7 nitrogen and oxygen atoms in total. The summed E-state index contributed by atoms with van der Waals surface area (Å²) >= 11 is 0. The number of hydrogen-bond acceptors (Lipinski definition) is 6. The van der Waals surface area contributed by atoms with Crippen LogP contribution < -0.4 is 4.74 Å². The molecule has 1 aromatic rings. The largest absolute Gasteiger partial charge is 0.497 e. The average Bonchev–Trinajstić information content (AvgIpc) is 2.47. The molecule has 1 rings (SSSR count). The van der Waals surface area contributed by atoms with Crippen molar-refractivity contribution in [3.63, 3.8) is 0 Å². The monoisotopic (exact) mass is 305 g/mol. The number of ether oxygens (including phenoxy) is 2. The number of carboxylic acid groups (broad SMARTS) is 1. The second kappa shape index (κ2) is 8.42. The van der Waals surface area contributed by atoms with Crippen molar-refractivity contribution in [1.29, 1.82) is 5.26 Å². The molecule has 0 radical (unpaired) electrons. The lowest BCUT2D eigenvalue weighted by molar-refractivity contribution is -0.166. The quantitative estimate of drug-likeness (QED) is 0.596. The number of carboxylic acids is 1. The molecule has 22 heavy (non-hydrogen) atoms. The zero-order valence-corrected chi connectivity index (χ0v) is 11.9. The van der Waals surface area contributed by atoms with E-state index in [1.807, 2.05) is 0 Å². The van der Waals surface area contributed by atoms with Gasteiger partial charge >= 0.3 is 17.9 Å². The van der Waals surface area contributed by atoms with E-state index in [0.717, 1.165) is 0 Å². The number of carbonyl (C=O) groups excluding carboxylic acids is 2. The first-order chi connectivity index (χ1) is 10.5. The van der Waals surface area contributed by atoms with E-state index >= 15 is 0 Å². The van der Waals surface area contributed by atoms with Crippen LogP contribution in [-0.4, -0.2) is 30.1 Å². The Morgan fingerprint density at radius 2 is 1.91 bits per heavy atom. The maximum absolute atomic E-state index is 11.6. The number of methoxy groups -OCH3 is 1. The molecule has 1 N–H and O–H groups in total. The summed E-state index contributed by atoms with van der Waals surface area (Å²) < 4.78 is 9.50. The fraction of sp³-hybridized carbons (Fsp3) is 0.333. The number of aliphatic carboxylic acids is 1. The van der Waals surface area contributed by atoms with Crippen molar-refractivity contribution >= 4 is 17.9 Å². The molecule has 116 valence electrons. The third kappa shape index (κ3) is 5.25. The maximum Gasteiger partial charge on any atom is 0.328 e. The number of rotatable bonds is 7. The predicted octanol–water partition coefficient (Wildman–Crippen LogP) is 1.31. The van der Waals surface area contributed by atoms with Gasteiger partial charge in [0.25, 0.3) is 0 Å². The molecule has 0 aliphatic rings. The number of nitriles is 1. The summed E-state index contributed by atoms with van der Waals surface area (Å²) in [7, 11) is 1.51. The zero-order valence-electron chi connectivity index (χ0n) is 11.9. The molecule has 0 bridgehead atoms. The Hall–Kier alpha value is -2.88. The van der Waals surface area contributed by atoms with Gasteiger partial charge in [0.05, 0.1) is 19.6 Å². The Kier molecular flexibility index (Phi) is 6.57. The Balaban J connectivity index is 2.60. The molecule has 0 aromatic heterocycles. The van der Waals surface area contributed by atoms with Crippen LogP contribution >= 0.6 is 0 Å². The van der Waals surface area contributed by atoms with Crippen LogP contribution in [0.4, 0.5) is 0 Å². The maximum atomic E-state index is 11.6.